The van der Waals surface area contributed by atoms with Gasteiger partial charge in [0.1, 0.15) is 0 Å². The molecule has 2 aliphatic rings. The van der Waals surface area contributed by atoms with Gasteiger partial charge < -0.3 is 5.32 Å². The highest BCUT2D eigenvalue weighted by molar-refractivity contribution is 5.32. The van der Waals surface area contributed by atoms with Gasteiger partial charge >= 0.3 is 0 Å². The van der Waals surface area contributed by atoms with E-state index >= 15 is 0 Å². The average molecular weight is 230 g/mol. The molecule has 17 heavy (non-hydrogen) atoms. The Morgan fingerprint density at radius 2 is 2.47 bits per heavy atom. The monoisotopic (exact) mass is 230 g/mol. The largest absolute Gasteiger partial charge is 0.311 e. The highest BCUT2D eigenvalue weighted by Gasteiger charge is 2.44. The lowest BCUT2D eigenvalue weighted by Crippen LogP contribution is -2.45. The van der Waals surface area contributed by atoms with Crippen molar-refractivity contribution in [3.05, 3.63) is 29.6 Å². The second-order valence-corrected chi connectivity index (χ2v) is 5.58. The predicted octanol–water partition coefficient (Wildman–Crippen LogP) is 3.03. The maximum Gasteiger partial charge on any atom is 0.0484 e. The van der Waals surface area contributed by atoms with Gasteiger partial charge in [0.25, 0.3) is 0 Å². The molecule has 2 nitrogen and oxygen atoms in total. The fourth-order valence-electron chi connectivity index (χ4n) is 3.91. The molecule has 0 saturated carbocycles. The van der Waals surface area contributed by atoms with Crippen LogP contribution in [-0.2, 0) is 6.42 Å². The number of rotatable bonds is 3. The summed E-state index contributed by atoms with van der Waals surface area (Å²) in [5.74, 6) is 0.654. The van der Waals surface area contributed by atoms with Crippen LogP contribution in [0.5, 0.6) is 0 Å². The van der Waals surface area contributed by atoms with Crippen molar-refractivity contribution >= 4 is 0 Å². The molecule has 2 heteroatoms. The van der Waals surface area contributed by atoms with Crippen molar-refractivity contribution in [1.29, 1.82) is 0 Å². The third-order valence-electron chi connectivity index (χ3n) is 4.60. The molecule has 92 valence electrons. The molecule has 1 N–H and O–H groups in total. The van der Waals surface area contributed by atoms with Crippen LogP contribution in [0.3, 0.4) is 0 Å². The lowest BCUT2D eigenvalue weighted by molar-refractivity contribution is 0.274. The maximum atomic E-state index is 4.67. The summed E-state index contributed by atoms with van der Waals surface area (Å²) in [6.45, 7) is 3.49. The first kappa shape index (κ1) is 11.2. The summed E-state index contributed by atoms with van der Waals surface area (Å²) < 4.78 is 0. The van der Waals surface area contributed by atoms with Gasteiger partial charge in [-0.15, -0.1) is 0 Å². The molecule has 0 radical (unpaired) electrons. The van der Waals surface area contributed by atoms with Crippen LogP contribution in [-0.4, -0.2) is 17.1 Å². The van der Waals surface area contributed by atoms with Crippen LogP contribution >= 0.6 is 0 Å². The van der Waals surface area contributed by atoms with Gasteiger partial charge in [0, 0.05) is 23.3 Å². The summed E-state index contributed by atoms with van der Waals surface area (Å²) >= 11 is 0. The molecule has 1 saturated heterocycles. The van der Waals surface area contributed by atoms with E-state index in [0.29, 0.717) is 11.5 Å². The summed E-state index contributed by atoms with van der Waals surface area (Å²) in [5.41, 5.74) is 3.23. The highest BCUT2D eigenvalue weighted by atomic mass is 15.0. The Hall–Kier alpha value is -0.890. The predicted molar refractivity (Wildman–Crippen MR) is 70.2 cm³/mol. The summed E-state index contributed by atoms with van der Waals surface area (Å²) in [4.78, 5) is 4.67. The van der Waals surface area contributed by atoms with Crippen molar-refractivity contribution in [2.75, 3.05) is 6.54 Å². The Labute approximate surface area is 104 Å². The zero-order chi connectivity index (χ0) is 11.7. The van der Waals surface area contributed by atoms with E-state index in [0.717, 1.165) is 0 Å². The molecule has 0 amide bonds. The first-order valence-electron chi connectivity index (χ1n) is 7.04. The van der Waals surface area contributed by atoms with Crippen LogP contribution in [0.2, 0.25) is 0 Å². The minimum absolute atomic E-state index is 0.356. The molecule has 2 heterocycles. The Kier molecular flexibility index (Phi) is 2.91. The molecular weight excluding hydrogens is 208 g/mol. The van der Waals surface area contributed by atoms with Crippen LogP contribution in [0.25, 0.3) is 0 Å². The standard InChI is InChI=1S/C15H22N2/c1-2-8-15(9-4-11-17-15)13-7-6-12-5-3-10-16-14(12)13/h3,5,10,13,17H,2,4,6-9,11H2,1H3. The molecule has 0 spiro atoms. The van der Waals surface area contributed by atoms with Crippen molar-refractivity contribution in [2.24, 2.45) is 0 Å². The minimum atomic E-state index is 0.356. The number of pyridine rings is 1. The molecule has 3 rings (SSSR count). The van der Waals surface area contributed by atoms with Crippen LogP contribution in [0.1, 0.15) is 56.2 Å². The van der Waals surface area contributed by atoms with Crippen LogP contribution in [0.4, 0.5) is 0 Å². The highest BCUT2D eigenvalue weighted by Crippen LogP contribution is 2.45. The smallest absolute Gasteiger partial charge is 0.0484 e. The molecule has 1 aromatic heterocycles. The van der Waals surface area contributed by atoms with Gasteiger partial charge in [-0.1, -0.05) is 19.4 Å². The van der Waals surface area contributed by atoms with Gasteiger partial charge in [-0.05, 0) is 50.3 Å². The van der Waals surface area contributed by atoms with Crippen molar-refractivity contribution in [3.8, 4) is 0 Å². The summed E-state index contributed by atoms with van der Waals surface area (Å²) in [6, 6.07) is 4.34. The van der Waals surface area contributed by atoms with Crippen LogP contribution < -0.4 is 5.32 Å². The minimum Gasteiger partial charge on any atom is -0.311 e. The van der Waals surface area contributed by atoms with E-state index < -0.39 is 0 Å². The molecule has 0 bridgehead atoms. The molecule has 2 atom stereocenters. The van der Waals surface area contributed by atoms with Gasteiger partial charge in [0.15, 0.2) is 0 Å². The van der Waals surface area contributed by atoms with Crippen LogP contribution in [0, 0.1) is 0 Å². The lowest BCUT2D eigenvalue weighted by Gasteiger charge is -2.36. The number of hydrogen-bond donors (Lipinski definition) is 1. The number of fused-ring (bicyclic) bond motifs is 1. The summed E-state index contributed by atoms with van der Waals surface area (Å²) in [7, 11) is 0. The second kappa shape index (κ2) is 4.41. The Balaban J connectivity index is 1.94. The van der Waals surface area contributed by atoms with E-state index in [4.69, 9.17) is 0 Å². The molecule has 1 aliphatic carbocycles. The number of aromatic nitrogens is 1. The molecule has 1 fully saturated rings. The topological polar surface area (TPSA) is 24.9 Å². The van der Waals surface area contributed by atoms with Crippen LogP contribution in [0.15, 0.2) is 18.3 Å². The molecule has 0 aromatic carbocycles. The summed E-state index contributed by atoms with van der Waals surface area (Å²) in [5, 5.41) is 3.81. The summed E-state index contributed by atoms with van der Waals surface area (Å²) in [6.07, 6.45) is 9.71. The van der Waals surface area contributed by atoms with E-state index in [1.807, 2.05) is 6.20 Å². The SMILES string of the molecule is CCCC1(C2CCc3cccnc32)CCCN1. The fourth-order valence-corrected chi connectivity index (χ4v) is 3.91. The zero-order valence-electron chi connectivity index (χ0n) is 10.7. The third kappa shape index (κ3) is 1.79. The van der Waals surface area contributed by atoms with Crippen molar-refractivity contribution in [3.63, 3.8) is 0 Å². The number of hydrogen-bond acceptors (Lipinski definition) is 2. The van der Waals surface area contributed by atoms with Gasteiger partial charge in [-0.2, -0.15) is 0 Å². The Morgan fingerprint density at radius 1 is 1.53 bits per heavy atom. The van der Waals surface area contributed by atoms with E-state index in [9.17, 15) is 0 Å². The van der Waals surface area contributed by atoms with E-state index in [-0.39, 0.29) is 0 Å². The maximum absolute atomic E-state index is 4.67. The van der Waals surface area contributed by atoms with Crippen molar-refractivity contribution < 1.29 is 0 Å². The lowest BCUT2D eigenvalue weighted by atomic mass is 9.77. The molecule has 2 unspecified atom stereocenters. The molecule has 1 aliphatic heterocycles. The first-order valence-corrected chi connectivity index (χ1v) is 7.04. The van der Waals surface area contributed by atoms with Gasteiger partial charge in [-0.3, -0.25) is 4.98 Å². The second-order valence-electron chi connectivity index (χ2n) is 5.58. The number of nitrogens with zero attached hydrogens (tertiary/aromatic N) is 1. The average Bonchev–Trinajstić information content (AvgIpc) is 2.96. The fraction of sp³-hybridized carbons (Fsp3) is 0.667. The van der Waals surface area contributed by atoms with E-state index in [1.54, 1.807) is 0 Å². The Bertz CT molecular complexity index is 394. The van der Waals surface area contributed by atoms with E-state index in [2.05, 4.69) is 29.4 Å². The Morgan fingerprint density at radius 3 is 3.24 bits per heavy atom. The quantitative estimate of drug-likeness (QED) is 0.863. The van der Waals surface area contributed by atoms with E-state index in [1.165, 1.54) is 56.3 Å². The normalized spacial score (nSPS) is 31.7. The van der Waals surface area contributed by atoms with Crippen molar-refractivity contribution in [2.45, 2.75) is 56.9 Å². The third-order valence-corrected chi connectivity index (χ3v) is 4.60. The van der Waals surface area contributed by atoms with Gasteiger partial charge in [-0.25, -0.2) is 0 Å². The van der Waals surface area contributed by atoms with Gasteiger partial charge in [0.2, 0.25) is 0 Å². The van der Waals surface area contributed by atoms with Crippen molar-refractivity contribution in [1.82, 2.24) is 10.3 Å². The zero-order valence-corrected chi connectivity index (χ0v) is 10.7. The number of nitrogens with one attached hydrogen (secondary N) is 1. The molecule has 1 aromatic rings. The number of aryl methyl sites for hydroxylation is 1. The van der Waals surface area contributed by atoms with Gasteiger partial charge in [0.05, 0.1) is 0 Å². The first-order chi connectivity index (χ1) is 8.36. The molecular formula is C15H22N2.